The minimum absolute atomic E-state index is 0.134. The smallest absolute Gasteiger partial charge is 0.322 e. The number of hydrogen-bond donors (Lipinski definition) is 2. The van der Waals surface area contributed by atoms with Crippen LogP contribution in [0.2, 0.25) is 5.21 Å². The molecule has 2 atom stereocenters. The molecule has 2 N–H and O–H groups in total. The summed E-state index contributed by atoms with van der Waals surface area (Å²) >= 11 is 0. The van der Waals surface area contributed by atoms with Crippen LogP contribution in [0.25, 0.3) is 5.65 Å². The monoisotopic (exact) mass is 452 g/mol. The van der Waals surface area contributed by atoms with Crippen molar-refractivity contribution in [1.29, 1.82) is 0 Å². The minimum Gasteiger partial charge on any atom is -0.391 e. The van der Waals surface area contributed by atoms with Crippen LogP contribution in [0, 0.1) is 11.6 Å². The lowest BCUT2D eigenvalue weighted by molar-refractivity contribution is 0.176. The molecule has 33 heavy (non-hydrogen) atoms. The van der Waals surface area contributed by atoms with E-state index in [4.69, 9.17) is 4.98 Å². The SMILES string of the molecule is BC1(B)C[C@H](c2cc(F)ccc2F)N(c2ccn3ncc(NC(=O)N4CC[C@H](O)C4)c3n2)C1. The summed E-state index contributed by atoms with van der Waals surface area (Å²) in [6, 6.07) is 4.61. The highest BCUT2D eigenvalue weighted by Crippen LogP contribution is 2.46. The topological polar surface area (TPSA) is 86.0 Å². The molecule has 12 heteroatoms. The van der Waals surface area contributed by atoms with Crippen LogP contribution in [0.15, 0.2) is 36.7 Å². The van der Waals surface area contributed by atoms with E-state index in [9.17, 15) is 18.7 Å². The fourth-order valence-electron chi connectivity index (χ4n) is 4.79. The van der Waals surface area contributed by atoms with Crippen LogP contribution in [0.1, 0.15) is 24.4 Å². The third-order valence-corrected chi connectivity index (χ3v) is 6.38. The third kappa shape index (κ3) is 4.15. The van der Waals surface area contributed by atoms with Crippen LogP contribution in [0.4, 0.5) is 25.1 Å². The van der Waals surface area contributed by atoms with Gasteiger partial charge in [-0.1, -0.05) is 5.21 Å². The Bertz CT molecular complexity index is 1220. The number of nitrogens with one attached hydrogen (secondary N) is 1. The zero-order valence-electron chi connectivity index (χ0n) is 18.5. The number of β-amino-alcohol motifs (C(OH)–C–C–N with tert-alkyl or cyclic N) is 1. The average Bonchev–Trinajstić information content (AvgIpc) is 3.46. The molecule has 5 rings (SSSR count). The molecule has 4 heterocycles. The molecule has 0 unspecified atom stereocenters. The number of benzene rings is 1. The largest absolute Gasteiger partial charge is 0.391 e. The van der Waals surface area contributed by atoms with Crippen molar-refractivity contribution in [1.82, 2.24) is 19.5 Å². The fourth-order valence-corrected chi connectivity index (χ4v) is 4.79. The predicted octanol–water partition coefficient (Wildman–Crippen LogP) is 0.940. The van der Waals surface area contributed by atoms with Gasteiger partial charge in [0.25, 0.3) is 0 Å². The second-order valence-electron chi connectivity index (χ2n) is 9.61. The average molecular weight is 452 g/mol. The first-order chi connectivity index (χ1) is 15.7. The Hall–Kier alpha value is -3.14. The van der Waals surface area contributed by atoms with E-state index >= 15 is 0 Å². The fraction of sp³-hybridized carbons (Fsp3) is 0.381. The number of nitrogens with zero attached hydrogens (tertiary/aromatic N) is 5. The number of rotatable bonds is 3. The van der Waals surface area contributed by atoms with E-state index in [1.54, 1.807) is 21.7 Å². The molecule has 1 aromatic carbocycles. The first-order valence-electron chi connectivity index (χ1n) is 11.0. The summed E-state index contributed by atoms with van der Waals surface area (Å²) in [7, 11) is 4.18. The van der Waals surface area contributed by atoms with Crippen LogP contribution in [0.3, 0.4) is 0 Å². The Morgan fingerprint density at radius 2 is 2.09 bits per heavy atom. The summed E-state index contributed by atoms with van der Waals surface area (Å²) in [4.78, 5) is 20.8. The van der Waals surface area contributed by atoms with Gasteiger partial charge in [-0.25, -0.2) is 23.1 Å². The van der Waals surface area contributed by atoms with Crippen molar-refractivity contribution < 1.29 is 18.7 Å². The molecule has 8 nitrogen and oxygen atoms in total. The van der Waals surface area contributed by atoms with E-state index in [1.165, 1.54) is 12.3 Å². The van der Waals surface area contributed by atoms with Gasteiger partial charge >= 0.3 is 6.03 Å². The van der Waals surface area contributed by atoms with E-state index in [0.29, 0.717) is 48.6 Å². The summed E-state index contributed by atoms with van der Waals surface area (Å²) in [6.45, 7) is 1.38. The number of anilines is 2. The Kier molecular flexibility index (Phi) is 5.27. The molecule has 2 aliphatic heterocycles. The number of carbonyl (C=O) groups excluding carboxylic acids is 1. The number of halogens is 2. The zero-order chi connectivity index (χ0) is 23.3. The van der Waals surface area contributed by atoms with Gasteiger partial charge in [0, 0.05) is 31.4 Å². The second-order valence-corrected chi connectivity index (χ2v) is 9.61. The maximum absolute atomic E-state index is 14.7. The number of fused-ring (bicyclic) bond motifs is 1. The van der Waals surface area contributed by atoms with Gasteiger partial charge < -0.3 is 20.2 Å². The molecular formula is C21H24B2F2N6O2. The molecule has 3 aromatic rings. The summed E-state index contributed by atoms with van der Waals surface area (Å²) in [6.07, 6.45) is 3.93. The number of urea groups is 1. The number of aromatic nitrogens is 3. The van der Waals surface area contributed by atoms with Gasteiger partial charge in [-0.15, -0.1) is 0 Å². The molecule has 0 radical (unpaired) electrons. The van der Waals surface area contributed by atoms with Gasteiger partial charge in [-0.2, -0.15) is 5.10 Å². The van der Waals surface area contributed by atoms with Crippen molar-refractivity contribution in [2.24, 2.45) is 0 Å². The van der Waals surface area contributed by atoms with Gasteiger partial charge in [0.2, 0.25) is 0 Å². The van der Waals surface area contributed by atoms with Crippen LogP contribution < -0.4 is 10.2 Å². The number of hydrogen-bond acceptors (Lipinski definition) is 5. The van der Waals surface area contributed by atoms with E-state index < -0.39 is 17.7 Å². The van der Waals surface area contributed by atoms with Crippen LogP contribution in [-0.2, 0) is 0 Å². The van der Waals surface area contributed by atoms with E-state index in [2.05, 4.69) is 26.1 Å². The van der Waals surface area contributed by atoms with Crippen molar-refractivity contribution in [2.75, 3.05) is 29.9 Å². The summed E-state index contributed by atoms with van der Waals surface area (Å²) in [5, 5.41) is 16.6. The van der Waals surface area contributed by atoms with Crippen molar-refractivity contribution in [2.45, 2.75) is 30.2 Å². The van der Waals surface area contributed by atoms with Crippen molar-refractivity contribution in [3.05, 3.63) is 53.9 Å². The summed E-state index contributed by atoms with van der Waals surface area (Å²) in [5.41, 5.74) is 1.19. The number of carbonyl (C=O) groups is 1. The number of likely N-dealkylation sites (tertiary alicyclic amines) is 1. The third-order valence-electron chi connectivity index (χ3n) is 6.38. The molecule has 2 aliphatic rings. The summed E-state index contributed by atoms with van der Waals surface area (Å²) < 4.78 is 30.1. The van der Waals surface area contributed by atoms with Gasteiger partial charge in [0.1, 0.15) is 38.8 Å². The molecule has 0 spiro atoms. The number of amides is 2. The number of aliphatic hydroxyl groups excluding tert-OH is 1. The molecule has 0 bridgehead atoms. The number of aliphatic hydroxyl groups is 1. The predicted molar refractivity (Wildman–Crippen MR) is 125 cm³/mol. The Balaban J connectivity index is 1.47. The Labute approximate surface area is 191 Å². The standard InChI is InChI=1S/C21H24B2F2N6O2/c22-21(23)8-17(14-7-12(24)1-2-15(14)25)30(11-21)18-4-6-31-19(28-18)16(9-26-31)27-20(33)29-5-3-13(32)10-29/h1-2,4,6-7,9,13,17,32H,3,5,8,10-11,22-23H2,(H,27,33)/t13-,17+/m0/s1. The molecule has 2 amide bonds. The first kappa shape index (κ1) is 21.7. The minimum atomic E-state index is -0.511. The quantitative estimate of drug-likeness (QED) is 0.579. The highest BCUT2D eigenvalue weighted by atomic mass is 19.1. The highest BCUT2D eigenvalue weighted by molar-refractivity contribution is 6.40. The van der Waals surface area contributed by atoms with Gasteiger partial charge in [-0.05, 0) is 37.1 Å². The van der Waals surface area contributed by atoms with Gasteiger partial charge in [0.05, 0.1) is 18.3 Å². The molecule has 2 aromatic heterocycles. The van der Waals surface area contributed by atoms with Gasteiger partial charge in [-0.3, -0.25) is 0 Å². The first-order valence-corrected chi connectivity index (χ1v) is 11.0. The van der Waals surface area contributed by atoms with Gasteiger partial charge in [0.15, 0.2) is 5.65 Å². The normalized spacial score (nSPS) is 22.3. The lowest BCUT2D eigenvalue weighted by Crippen LogP contribution is -2.33. The van der Waals surface area contributed by atoms with Crippen LogP contribution >= 0.6 is 0 Å². The Morgan fingerprint density at radius 3 is 2.85 bits per heavy atom. The molecule has 170 valence electrons. The lowest BCUT2D eigenvalue weighted by Gasteiger charge is -2.27. The van der Waals surface area contributed by atoms with Crippen LogP contribution in [-0.4, -0.2) is 72.1 Å². The molecule has 0 aliphatic carbocycles. The Morgan fingerprint density at radius 1 is 1.27 bits per heavy atom. The van der Waals surface area contributed by atoms with Crippen molar-refractivity contribution >= 4 is 38.9 Å². The molecular weight excluding hydrogens is 428 g/mol. The lowest BCUT2D eigenvalue weighted by atomic mass is 9.53. The molecule has 2 saturated heterocycles. The maximum atomic E-state index is 14.7. The molecule has 2 fully saturated rings. The van der Waals surface area contributed by atoms with Crippen LogP contribution in [0.5, 0.6) is 0 Å². The van der Waals surface area contributed by atoms with Crippen molar-refractivity contribution in [3.8, 4) is 0 Å². The maximum Gasteiger partial charge on any atom is 0.322 e. The van der Waals surface area contributed by atoms with E-state index in [-0.39, 0.29) is 23.8 Å². The second kappa shape index (κ2) is 8.02. The molecule has 0 saturated carbocycles. The highest BCUT2D eigenvalue weighted by Gasteiger charge is 2.40. The van der Waals surface area contributed by atoms with E-state index in [1.807, 2.05) is 4.90 Å². The van der Waals surface area contributed by atoms with Crippen molar-refractivity contribution in [3.63, 3.8) is 0 Å². The zero-order valence-corrected chi connectivity index (χ0v) is 18.5. The summed E-state index contributed by atoms with van der Waals surface area (Å²) in [5.74, 6) is -0.336. The van der Waals surface area contributed by atoms with E-state index in [0.717, 1.165) is 12.1 Å².